The number of nitrogens with one attached hydrogen (secondary N) is 1. The van der Waals surface area contributed by atoms with E-state index in [2.05, 4.69) is 69.8 Å². The molecule has 3 heteroatoms. The second-order valence-corrected chi connectivity index (χ2v) is 5.85. The predicted octanol–water partition coefficient (Wildman–Crippen LogP) is 5.87. The fourth-order valence-electron chi connectivity index (χ4n) is 2.23. The zero-order chi connectivity index (χ0) is 15.4. The summed E-state index contributed by atoms with van der Waals surface area (Å²) in [6.07, 6.45) is 0. The van der Waals surface area contributed by atoms with E-state index in [-0.39, 0.29) is 0 Å². The van der Waals surface area contributed by atoms with Crippen molar-refractivity contribution in [3.05, 3.63) is 77.3 Å². The molecule has 1 N–H and O–H groups in total. The Morgan fingerprint density at radius 1 is 0.682 bits per heavy atom. The van der Waals surface area contributed by atoms with Gasteiger partial charge in [-0.05, 0) is 59.7 Å². The maximum absolute atomic E-state index is 5.16. The van der Waals surface area contributed by atoms with Crippen LogP contribution < -0.4 is 10.1 Å². The van der Waals surface area contributed by atoms with Crippen molar-refractivity contribution in [3.63, 3.8) is 0 Å². The zero-order valence-electron chi connectivity index (χ0n) is 12.2. The largest absolute Gasteiger partial charge is 0.497 e. The van der Waals surface area contributed by atoms with Crippen LogP contribution >= 0.6 is 15.9 Å². The van der Waals surface area contributed by atoms with Crippen LogP contribution in [-0.4, -0.2) is 7.11 Å². The molecule has 0 aliphatic carbocycles. The Morgan fingerprint density at radius 2 is 1.14 bits per heavy atom. The van der Waals surface area contributed by atoms with Gasteiger partial charge in [-0.25, -0.2) is 0 Å². The Balaban J connectivity index is 1.74. The van der Waals surface area contributed by atoms with E-state index in [0.717, 1.165) is 21.6 Å². The van der Waals surface area contributed by atoms with E-state index in [1.165, 1.54) is 11.1 Å². The van der Waals surface area contributed by atoms with E-state index in [0.29, 0.717) is 0 Å². The summed E-state index contributed by atoms with van der Waals surface area (Å²) in [6.45, 7) is 0. The summed E-state index contributed by atoms with van der Waals surface area (Å²) in [7, 11) is 1.67. The lowest BCUT2D eigenvalue weighted by molar-refractivity contribution is 0.415. The van der Waals surface area contributed by atoms with Crippen LogP contribution in [0.5, 0.6) is 5.75 Å². The Labute approximate surface area is 138 Å². The van der Waals surface area contributed by atoms with Gasteiger partial charge in [-0.3, -0.25) is 0 Å². The molecule has 22 heavy (non-hydrogen) atoms. The summed E-state index contributed by atoms with van der Waals surface area (Å²) < 4.78 is 6.25. The van der Waals surface area contributed by atoms with Crippen LogP contribution in [0.2, 0.25) is 0 Å². The second-order valence-electron chi connectivity index (χ2n) is 4.94. The van der Waals surface area contributed by atoms with Gasteiger partial charge in [0.25, 0.3) is 0 Å². The van der Waals surface area contributed by atoms with Crippen LogP contribution in [-0.2, 0) is 0 Å². The monoisotopic (exact) mass is 353 g/mol. The zero-order valence-corrected chi connectivity index (χ0v) is 13.8. The van der Waals surface area contributed by atoms with Gasteiger partial charge < -0.3 is 10.1 Å². The van der Waals surface area contributed by atoms with Crippen LogP contribution in [0, 0.1) is 0 Å². The van der Waals surface area contributed by atoms with E-state index < -0.39 is 0 Å². The van der Waals surface area contributed by atoms with Crippen LogP contribution in [0.4, 0.5) is 11.4 Å². The van der Waals surface area contributed by atoms with Gasteiger partial charge >= 0.3 is 0 Å². The minimum Gasteiger partial charge on any atom is -0.497 e. The lowest BCUT2D eigenvalue weighted by Gasteiger charge is -2.09. The number of rotatable bonds is 4. The van der Waals surface area contributed by atoms with Gasteiger partial charge in [0.15, 0.2) is 0 Å². The average molecular weight is 354 g/mol. The minimum absolute atomic E-state index is 0.858. The number of benzene rings is 3. The summed E-state index contributed by atoms with van der Waals surface area (Å²) >= 11 is 3.46. The molecule has 0 heterocycles. The average Bonchev–Trinajstić information content (AvgIpc) is 2.57. The fourth-order valence-corrected chi connectivity index (χ4v) is 2.49. The van der Waals surface area contributed by atoms with Gasteiger partial charge in [-0.2, -0.15) is 0 Å². The van der Waals surface area contributed by atoms with Gasteiger partial charge in [-0.1, -0.05) is 40.2 Å². The lowest BCUT2D eigenvalue weighted by Crippen LogP contribution is -1.90. The predicted molar refractivity (Wildman–Crippen MR) is 95.9 cm³/mol. The molecule has 0 atom stereocenters. The molecule has 0 saturated carbocycles. The van der Waals surface area contributed by atoms with Crippen molar-refractivity contribution in [3.8, 4) is 16.9 Å². The standard InChI is InChI=1S/C19H16BrNO/c1-22-19-12-10-18(11-13-19)21-17-8-4-15(5-9-17)14-2-6-16(20)7-3-14/h2-13,21H,1H3. The van der Waals surface area contributed by atoms with Crippen molar-refractivity contribution in [2.24, 2.45) is 0 Å². The second kappa shape index (κ2) is 6.67. The van der Waals surface area contributed by atoms with E-state index in [1.807, 2.05) is 24.3 Å². The SMILES string of the molecule is COc1ccc(Nc2ccc(-c3ccc(Br)cc3)cc2)cc1. The number of hydrogen-bond donors (Lipinski definition) is 1. The first-order valence-electron chi connectivity index (χ1n) is 7.02. The molecule has 3 aromatic rings. The smallest absolute Gasteiger partial charge is 0.119 e. The highest BCUT2D eigenvalue weighted by atomic mass is 79.9. The van der Waals surface area contributed by atoms with E-state index in [4.69, 9.17) is 4.74 Å². The van der Waals surface area contributed by atoms with Gasteiger partial charge in [-0.15, -0.1) is 0 Å². The van der Waals surface area contributed by atoms with Gasteiger partial charge in [0.1, 0.15) is 5.75 Å². The molecule has 110 valence electrons. The highest BCUT2D eigenvalue weighted by Crippen LogP contribution is 2.25. The van der Waals surface area contributed by atoms with Crippen molar-refractivity contribution in [2.45, 2.75) is 0 Å². The van der Waals surface area contributed by atoms with Crippen molar-refractivity contribution < 1.29 is 4.74 Å². The molecule has 0 spiro atoms. The number of hydrogen-bond acceptors (Lipinski definition) is 2. The van der Waals surface area contributed by atoms with Gasteiger partial charge in [0.2, 0.25) is 0 Å². The summed E-state index contributed by atoms with van der Waals surface area (Å²) in [4.78, 5) is 0. The van der Waals surface area contributed by atoms with E-state index in [1.54, 1.807) is 7.11 Å². The first kappa shape index (κ1) is 14.7. The summed E-state index contributed by atoms with van der Waals surface area (Å²) in [5, 5.41) is 3.38. The Morgan fingerprint density at radius 3 is 1.64 bits per heavy atom. The summed E-state index contributed by atoms with van der Waals surface area (Å²) in [5.74, 6) is 0.858. The van der Waals surface area contributed by atoms with Crippen LogP contribution in [0.15, 0.2) is 77.3 Å². The highest BCUT2D eigenvalue weighted by molar-refractivity contribution is 9.10. The van der Waals surface area contributed by atoms with Gasteiger partial charge in [0, 0.05) is 15.8 Å². The lowest BCUT2D eigenvalue weighted by atomic mass is 10.1. The molecule has 0 aliphatic heterocycles. The summed E-state index contributed by atoms with van der Waals surface area (Å²) in [6, 6.07) is 24.6. The molecule has 0 radical (unpaired) electrons. The Bertz CT molecular complexity index is 734. The van der Waals surface area contributed by atoms with Gasteiger partial charge in [0.05, 0.1) is 7.11 Å². The number of methoxy groups -OCH3 is 1. The molecular formula is C19H16BrNO. The number of halogens is 1. The van der Waals surface area contributed by atoms with E-state index in [9.17, 15) is 0 Å². The van der Waals surface area contributed by atoms with Crippen molar-refractivity contribution >= 4 is 27.3 Å². The molecule has 3 aromatic carbocycles. The maximum atomic E-state index is 5.16. The molecule has 3 rings (SSSR count). The third kappa shape index (κ3) is 3.49. The normalized spacial score (nSPS) is 10.3. The molecule has 2 nitrogen and oxygen atoms in total. The van der Waals surface area contributed by atoms with Crippen LogP contribution in [0.25, 0.3) is 11.1 Å². The minimum atomic E-state index is 0.858. The molecule has 0 fully saturated rings. The fraction of sp³-hybridized carbons (Fsp3) is 0.0526. The molecule has 0 amide bonds. The maximum Gasteiger partial charge on any atom is 0.119 e. The first-order valence-corrected chi connectivity index (χ1v) is 7.81. The third-order valence-electron chi connectivity index (χ3n) is 3.44. The quantitative estimate of drug-likeness (QED) is 0.633. The molecule has 0 bridgehead atoms. The highest BCUT2D eigenvalue weighted by Gasteiger charge is 1.99. The van der Waals surface area contributed by atoms with E-state index >= 15 is 0 Å². The molecule has 0 saturated heterocycles. The molecular weight excluding hydrogens is 338 g/mol. The number of ether oxygens (including phenoxy) is 1. The van der Waals surface area contributed by atoms with Crippen molar-refractivity contribution in [1.29, 1.82) is 0 Å². The summed E-state index contributed by atoms with van der Waals surface area (Å²) in [5.41, 5.74) is 4.51. The molecule has 0 aliphatic rings. The number of anilines is 2. The Kier molecular flexibility index (Phi) is 4.45. The van der Waals surface area contributed by atoms with Crippen molar-refractivity contribution in [1.82, 2.24) is 0 Å². The van der Waals surface area contributed by atoms with Crippen molar-refractivity contribution in [2.75, 3.05) is 12.4 Å². The van der Waals surface area contributed by atoms with Crippen LogP contribution in [0.3, 0.4) is 0 Å². The van der Waals surface area contributed by atoms with Crippen LogP contribution in [0.1, 0.15) is 0 Å². The first-order chi connectivity index (χ1) is 10.7. The third-order valence-corrected chi connectivity index (χ3v) is 3.97. The molecule has 0 unspecified atom stereocenters. The molecule has 0 aromatic heterocycles. The topological polar surface area (TPSA) is 21.3 Å². The Hall–Kier alpha value is -2.26.